The molecular weight excluding hydrogens is 729 g/mol. The molecule has 0 spiro atoms. The van der Waals surface area contributed by atoms with E-state index in [4.69, 9.17) is 0 Å². The highest BCUT2D eigenvalue weighted by Crippen LogP contribution is 2.41. The molecule has 0 saturated heterocycles. The molecule has 0 saturated carbocycles. The van der Waals surface area contributed by atoms with Gasteiger partial charge in [-0.05, 0) is 94.5 Å². The monoisotopic (exact) mass is 774 g/mol. The quantitative estimate of drug-likeness (QED) is 0.121. The fraction of sp³-hybridized carbons (Fsp3) is 0.0357. The van der Waals surface area contributed by atoms with Gasteiger partial charge < -0.3 is 9.80 Å². The minimum absolute atomic E-state index is 1.11. The minimum atomic E-state index is -1.86. The SMILES string of the molecule is C[Si](C)(c1ccccc1)c1ccc(N(c2ccc(-c3ccc(-c4ccc(N(c5ccccc5)c5ccccc5)cc4)cc3)cc2)c2ccccc2-c2ccccc2)cc1. The molecule has 0 aliphatic heterocycles. The van der Waals surface area contributed by atoms with Crippen LogP contribution < -0.4 is 20.2 Å². The third-order valence-electron chi connectivity index (χ3n) is 11.4. The minimum Gasteiger partial charge on any atom is -0.311 e. The van der Waals surface area contributed by atoms with E-state index in [1.807, 2.05) is 0 Å². The summed E-state index contributed by atoms with van der Waals surface area (Å²) in [5.41, 5.74) is 13.9. The van der Waals surface area contributed by atoms with Crippen molar-refractivity contribution in [2.45, 2.75) is 13.1 Å². The van der Waals surface area contributed by atoms with Crippen molar-refractivity contribution in [1.82, 2.24) is 0 Å². The zero-order chi connectivity index (χ0) is 40.0. The largest absolute Gasteiger partial charge is 0.311 e. The van der Waals surface area contributed by atoms with E-state index in [0.717, 1.165) is 34.1 Å². The molecule has 0 amide bonds. The van der Waals surface area contributed by atoms with Crippen molar-refractivity contribution in [3.05, 3.63) is 243 Å². The summed E-state index contributed by atoms with van der Waals surface area (Å²) in [6.45, 7) is 4.88. The third kappa shape index (κ3) is 7.89. The van der Waals surface area contributed by atoms with Crippen LogP contribution in [0.25, 0.3) is 33.4 Å². The second-order valence-electron chi connectivity index (χ2n) is 15.4. The van der Waals surface area contributed by atoms with Gasteiger partial charge >= 0.3 is 0 Å². The second kappa shape index (κ2) is 16.7. The summed E-state index contributed by atoms with van der Waals surface area (Å²) in [5.74, 6) is 0. The Balaban J connectivity index is 1.01. The first kappa shape index (κ1) is 37.4. The van der Waals surface area contributed by atoms with Crippen molar-refractivity contribution < 1.29 is 0 Å². The highest BCUT2D eigenvalue weighted by molar-refractivity contribution is 7.00. The Labute approximate surface area is 350 Å². The van der Waals surface area contributed by atoms with Gasteiger partial charge in [-0.25, -0.2) is 0 Å². The van der Waals surface area contributed by atoms with Crippen molar-refractivity contribution >= 4 is 52.6 Å². The lowest BCUT2D eigenvalue weighted by Crippen LogP contribution is -2.52. The predicted molar refractivity (Wildman–Crippen MR) is 255 cm³/mol. The second-order valence-corrected chi connectivity index (χ2v) is 19.8. The van der Waals surface area contributed by atoms with E-state index in [-0.39, 0.29) is 0 Å². The molecule has 0 aromatic heterocycles. The van der Waals surface area contributed by atoms with E-state index < -0.39 is 8.07 Å². The number of rotatable bonds is 11. The van der Waals surface area contributed by atoms with Crippen LogP contribution in [0.5, 0.6) is 0 Å². The van der Waals surface area contributed by atoms with Gasteiger partial charge in [0, 0.05) is 34.0 Å². The number of hydrogen-bond acceptors (Lipinski definition) is 2. The molecule has 9 aromatic rings. The van der Waals surface area contributed by atoms with Gasteiger partial charge in [0.25, 0.3) is 0 Å². The van der Waals surface area contributed by atoms with E-state index in [1.165, 1.54) is 43.8 Å². The van der Waals surface area contributed by atoms with Gasteiger partial charge in [-0.15, -0.1) is 0 Å². The molecule has 0 N–H and O–H groups in total. The predicted octanol–water partition coefficient (Wildman–Crippen LogP) is 14.4. The van der Waals surface area contributed by atoms with Gasteiger partial charge in [0.15, 0.2) is 0 Å². The number of nitrogens with zero attached hydrogens (tertiary/aromatic N) is 2. The summed E-state index contributed by atoms with van der Waals surface area (Å²) < 4.78 is 0. The summed E-state index contributed by atoms with van der Waals surface area (Å²) in [6, 6.07) is 87.6. The van der Waals surface area contributed by atoms with E-state index in [1.54, 1.807) is 0 Å². The Morgan fingerprint density at radius 3 is 1.05 bits per heavy atom. The summed E-state index contributed by atoms with van der Waals surface area (Å²) in [6.07, 6.45) is 0. The third-order valence-corrected chi connectivity index (χ3v) is 15.0. The summed E-state index contributed by atoms with van der Waals surface area (Å²) in [4.78, 5) is 4.69. The van der Waals surface area contributed by atoms with Crippen LogP contribution in [-0.4, -0.2) is 8.07 Å². The van der Waals surface area contributed by atoms with E-state index in [0.29, 0.717) is 0 Å². The smallest absolute Gasteiger partial charge is 0.112 e. The van der Waals surface area contributed by atoms with Crippen LogP contribution in [-0.2, 0) is 0 Å². The van der Waals surface area contributed by atoms with Crippen LogP contribution in [0.4, 0.5) is 34.1 Å². The number of hydrogen-bond donors (Lipinski definition) is 0. The highest BCUT2D eigenvalue weighted by Gasteiger charge is 2.26. The zero-order valence-electron chi connectivity index (χ0n) is 33.5. The van der Waals surface area contributed by atoms with Crippen molar-refractivity contribution in [3.8, 4) is 33.4 Å². The van der Waals surface area contributed by atoms with Crippen molar-refractivity contribution in [1.29, 1.82) is 0 Å². The lowest BCUT2D eigenvalue weighted by atomic mass is 9.99. The molecule has 284 valence electrons. The maximum Gasteiger partial charge on any atom is 0.112 e. The van der Waals surface area contributed by atoms with Crippen molar-refractivity contribution in [3.63, 3.8) is 0 Å². The Kier molecular flexibility index (Phi) is 10.6. The van der Waals surface area contributed by atoms with Crippen LogP contribution in [0.15, 0.2) is 243 Å². The standard InChI is InChI=1S/C56H46N2Si/c1-59(2,53-23-13-6-14-24-53)54-41-39-52(40-42-54)58(56-26-16-15-25-55(56)47-17-7-3-8-18-47)51-37-33-46(34-38-51)44-29-27-43(28-30-44)45-31-35-50(36-32-45)57(48-19-9-4-10-20-48)49-21-11-5-12-22-49/h3-42H,1-2H3. The molecule has 59 heavy (non-hydrogen) atoms. The fourth-order valence-corrected chi connectivity index (χ4v) is 10.4. The van der Waals surface area contributed by atoms with Gasteiger partial charge in [0.2, 0.25) is 0 Å². The first-order valence-electron chi connectivity index (χ1n) is 20.3. The molecule has 3 heteroatoms. The molecule has 0 aliphatic carbocycles. The molecule has 0 atom stereocenters. The fourth-order valence-electron chi connectivity index (χ4n) is 8.07. The van der Waals surface area contributed by atoms with Crippen LogP contribution in [0.3, 0.4) is 0 Å². The molecule has 9 rings (SSSR count). The number of para-hydroxylation sites is 3. The molecule has 0 unspecified atom stereocenters. The topological polar surface area (TPSA) is 6.48 Å². The average molecular weight is 775 g/mol. The molecule has 9 aromatic carbocycles. The molecule has 0 heterocycles. The van der Waals surface area contributed by atoms with Gasteiger partial charge in [0.05, 0.1) is 5.69 Å². The number of anilines is 6. The van der Waals surface area contributed by atoms with Gasteiger partial charge in [-0.2, -0.15) is 0 Å². The van der Waals surface area contributed by atoms with E-state index in [9.17, 15) is 0 Å². The number of benzene rings is 9. The molecule has 0 fully saturated rings. The maximum atomic E-state index is 2.44. The van der Waals surface area contributed by atoms with Gasteiger partial charge in [-0.1, -0.05) is 199 Å². The van der Waals surface area contributed by atoms with Crippen molar-refractivity contribution in [2.75, 3.05) is 9.80 Å². The Morgan fingerprint density at radius 1 is 0.254 bits per heavy atom. The summed E-state index contributed by atoms with van der Waals surface area (Å²) in [5, 5.41) is 2.86. The van der Waals surface area contributed by atoms with Crippen molar-refractivity contribution in [2.24, 2.45) is 0 Å². The lowest BCUT2D eigenvalue weighted by molar-refractivity contribution is 1.28. The maximum absolute atomic E-state index is 2.44. The zero-order valence-corrected chi connectivity index (χ0v) is 34.5. The first-order chi connectivity index (χ1) is 29.0. The van der Waals surface area contributed by atoms with E-state index >= 15 is 0 Å². The van der Waals surface area contributed by atoms with E-state index in [2.05, 4.69) is 266 Å². The molecular formula is C56H46N2Si. The highest BCUT2D eigenvalue weighted by atomic mass is 28.3. The van der Waals surface area contributed by atoms with Gasteiger partial charge in [-0.3, -0.25) is 0 Å². The molecule has 2 nitrogen and oxygen atoms in total. The Morgan fingerprint density at radius 2 is 0.576 bits per heavy atom. The van der Waals surface area contributed by atoms with Crippen LogP contribution in [0, 0.1) is 0 Å². The summed E-state index contributed by atoms with van der Waals surface area (Å²) >= 11 is 0. The molecule has 0 aliphatic rings. The van der Waals surface area contributed by atoms with Gasteiger partial charge in [0.1, 0.15) is 8.07 Å². The lowest BCUT2D eigenvalue weighted by Gasteiger charge is -2.29. The normalized spacial score (nSPS) is 11.2. The average Bonchev–Trinajstić information content (AvgIpc) is 3.31. The molecule has 0 bridgehead atoms. The van der Waals surface area contributed by atoms with Crippen LogP contribution >= 0.6 is 0 Å². The molecule has 0 radical (unpaired) electrons. The Bertz CT molecular complexity index is 2690. The van der Waals surface area contributed by atoms with Crippen LogP contribution in [0.2, 0.25) is 13.1 Å². The van der Waals surface area contributed by atoms with Crippen LogP contribution in [0.1, 0.15) is 0 Å². The Hall–Kier alpha value is -7.20. The summed E-state index contributed by atoms with van der Waals surface area (Å²) in [7, 11) is -1.86. The first-order valence-corrected chi connectivity index (χ1v) is 23.3.